The lowest BCUT2D eigenvalue weighted by molar-refractivity contribution is -0.113. The van der Waals surface area contributed by atoms with Gasteiger partial charge in [-0.1, -0.05) is 82.9 Å². The number of benzene rings is 4. The van der Waals surface area contributed by atoms with Gasteiger partial charge in [-0.2, -0.15) is 0 Å². The van der Waals surface area contributed by atoms with Crippen molar-refractivity contribution in [1.29, 1.82) is 0 Å². The summed E-state index contributed by atoms with van der Waals surface area (Å²) in [6.45, 7) is 4.65. The van der Waals surface area contributed by atoms with E-state index in [-0.39, 0.29) is 5.91 Å². The van der Waals surface area contributed by atoms with Gasteiger partial charge in [0, 0.05) is 39.3 Å². The number of hydrogen-bond donors (Lipinski definition) is 0. The van der Waals surface area contributed by atoms with E-state index in [0.717, 1.165) is 44.5 Å². The van der Waals surface area contributed by atoms with Crippen molar-refractivity contribution in [3.05, 3.63) is 134 Å². The van der Waals surface area contributed by atoms with Crippen LogP contribution >= 0.6 is 35.0 Å². The van der Waals surface area contributed by atoms with Crippen LogP contribution in [0, 0.1) is 13.8 Å². The summed E-state index contributed by atoms with van der Waals surface area (Å²) in [5.41, 5.74) is 6.86. The second-order valence-electron chi connectivity index (χ2n) is 9.78. The van der Waals surface area contributed by atoms with Crippen LogP contribution in [0.4, 0.5) is 11.4 Å². The molecule has 40 heavy (non-hydrogen) atoms. The number of amidine groups is 1. The third-order valence-electron chi connectivity index (χ3n) is 6.82. The summed E-state index contributed by atoms with van der Waals surface area (Å²) in [5.74, 6) is -0.0997. The SMILES string of the molecule is Cc1ccc(N=C2S/C(=C/c3cn(Cc4ccc(Cl)cc4Cl)c4ccccc34)C(=O)N2c2ccc(C)cc2)cc1. The molecule has 5 aromatic rings. The van der Waals surface area contributed by atoms with Crippen LogP contribution in [0.3, 0.4) is 0 Å². The number of anilines is 1. The molecular formula is C33H25Cl2N3OS. The maximum atomic E-state index is 13.9. The van der Waals surface area contributed by atoms with Crippen molar-refractivity contribution in [3.63, 3.8) is 0 Å². The van der Waals surface area contributed by atoms with Gasteiger partial charge < -0.3 is 4.57 Å². The lowest BCUT2D eigenvalue weighted by Crippen LogP contribution is -2.28. The van der Waals surface area contributed by atoms with Crippen LogP contribution in [0.15, 0.2) is 107 Å². The van der Waals surface area contributed by atoms with E-state index < -0.39 is 0 Å². The van der Waals surface area contributed by atoms with Crippen LogP contribution in [0.25, 0.3) is 17.0 Å². The summed E-state index contributed by atoms with van der Waals surface area (Å²) in [6.07, 6.45) is 4.04. The van der Waals surface area contributed by atoms with Crippen LogP contribution in [0.5, 0.6) is 0 Å². The number of fused-ring (bicyclic) bond motifs is 1. The zero-order chi connectivity index (χ0) is 27.8. The molecule has 0 atom stereocenters. The number of thioether (sulfide) groups is 1. The third-order valence-corrected chi connectivity index (χ3v) is 8.37. The van der Waals surface area contributed by atoms with Gasteiger partial charge in [0.15, 0.2) is 5.17 Å². The minimum absolute atomic E-state index is 0.0997. The minimum Gasteiger partial charge on any atom is -0.342 e. The number of aryl methyl sites for hydroxylation is 2. The summed E-state index contributed by atoms with van der Waals surface area (Å²) in [4.78, 5) is 21.1. The topological polar surface area (TPSA) is 37.6 Å². The predicted molar refractivity (Wildman–Crippen MR) is 170 cm³/mol. The molecule has 0 radical (unpaired) electrons. The highest BCUT2D eigenvalue weighted by molar-refractivity contribution is 8.19. The number of nitrogens with zero attached hydrogens (tertiary/aromatic N) is 3. The molecule has 0 saturated carbocycles. The first kappa shape index (κ1) is 26.5. The molecule has 1 aromatic heterocycles. The first-order valence-corrected chi connectivity index (χ1v) is 14.4. The molecule has 0 aliphatic carbocycles. The average Bonchev–Trinajstić information content (AvgIpc) is 3.44. The molecule has 4 nitrogen and oxygen atoms in total. The maximum Gasteiger partial charge on any atom is 0.271 e. The summed E-state index contributed by atoms with van der Waals surface area (Å²) in [6, 6.07) is 29.7. The third kappa shape index (κ3) is 5.33. The highest BCUT2D eigenvalue weighted by Crippen LogP contribution is 2.38. The number of amides is 1. The zero-order valence-corrected chi connectivity index (χ0v) is 24.3. The molecule has 1 aliphatic rings. The van der Waals surface area contributed by atoms with E-state index in [4.69, 9.17) is 28.2 Å². The Bertz CT molecular complexity index is 1800. The summed E-state index contributed by atoms with van der Waals surface area (Å²) in [5, 5.41) is 2.91. The number of aromatic nitrogens is 1. The monoisotopic (exact) mass is 581 g/mol. The van der Waals surface area contributed by atoms with E-state index in [0.29, 0.717) is 26.7 Å². The number of aliphatic imine (C=N–C) groups is 1. The molecule has 1 aliphatic heterocycles. The summed E-state index contributed by atoms with van der Waals surface area (Å²) < 4.78 is 2.15. The van der Waals surface area contributed by atoms with Crippen molar-refractivity contribution < 1.29 is 4.79 Å². The van der Waals surface area contributed by atoms with E-state index in [2.05, 4.69) is 22.9 Å². The van der Waals surface area contributed by atoms with Crippen LogP contribution < -0.4 is 4.90 Å². The van der Waals surface area contributed by atoms with Gasteiger partial charge in [-0.3, -0.25) is 9.69 Å². The van der Waals surface area contributed by atoms with Gasteiger partial charge in [-0.15, -0.1) is 0 Å². The van der Waals surface area contributed by atoms with Gasteiger partial charge in [0.2, 0.25) is 0 Å². The van der Waals surface area contributed by atoms with E-state index >= 15 is 0 Å². The Morgan fingerprint density at radius 2 is 1.57 bits per heavy atom. The molecule has 1 amide bonds. The summed E-state index contributed by atoms with van der Waals surface area (Å²) in [7, 11) is 0. The molecule has 7 heteroatoms. The molecule has 1 saturated heterocycles. The van der Waals surface area contributed by atoms with Crippen molar-refractivity contribution in [2.45, 2.75) is 20.4 Å². The fourth-order valence-corrected chi connectivity index (χ4v) is 6.16. The van der Waals surface area contributed by atoms with Crippen LogP contribution in [0.1, 0.15) is 22.3 Å². The lowest BCUT2D eigenvalue weighted by atomic mass is 10.1. The van der Waals surface area contributed by atoms with Gasteiger partial charge in [-0.05, 0) is 79.7 Å². The maximum absolute atomic E-state index is 13.9. The van der Waals surface area contributed by atoms with Crippen molar-refractivity contribution >= 4 is 74.4 Å². The van der Waals surface area contributed by atoms with Gasteiger partial charge in [0.1, 0.15) is 0 Å². The van der Waals surface area contributed by atoms with Gasteiger partial charge >= 0.3 is 0 Å². The predicted octanol–water partition coefficient (Wildman–Crippen LogP) is 9.42. The minimum atomic E-state index is -0.0997. The smallest absolute Gasteiger partial charge is 0.271 e. The molecule has 198 valence electrons. The molecule has 2 heterocycles. The molecule has 0 spiro atoms. The van der Waals surface area contributed by atoms with Gasteiger partial charge in [0.05, 0.1) is 16.3 Å². The molecule has 0 unspecified atom stereocenters. The van der Waals surface area contributed by atoms with Crippen molar-refractivity contribution in [3.8, 4) is 0 Å². The Balaban J connectivity index is 1.42. The van der Waals surface area contributed by atoms with Crippen molar-refractivity contribution in [1.82, 2.24) is 4.57 Å². The molecular weight excluding hydrogens is 557 g/mol. The first-order valence-electron chi connectivity index (χ1n) is 12.8. The Labute approximate surface area is 247 Å². The van der Waals surface area contributed by atoms with Crippen LogP contribution in [-0.2, 0) is 11.3 Å². The number of hydrogen-bond acceptors (Lipinski definition) is 3. The normalized spacial score (nSPS) is 15.6. The van der Waals surface area contributed by atoms with Crippen molar-refractivity contribution in [2.24, 2.45) is 4.99 Å². The number of carbonyl (C=O) groups is 1. The van der Waals surface area contributed by atoms with Crippen LogP contribution in [0.2, 0.25) is 10.0 Å². The molecule has 6 rings (SSSR count). The lowest BCUT2D eigenvalue weighted by Gasteiger charge is -2.16. The second kappa shape index (κ2) is 11.0. The number of carbonyl (C=O) groups excluding carboxylic acids is 1. The second-order valence-corrected chi connectivity index (χ2v) is 11.6. The quantitative estimate of drug-likeness (QED) is 0.194. The highest BCUT2D eigenvalue weighted by Gasteiger charge is 2.35. The molecule has 4 aromatic carbocycles. The first-order chi connectivity index (χ1) is 19.4. The van der Waals surface area contributed by atoms with Gasteiger partial charge in [-0.25, -0.2) is 4.99 Å². The number of rotatable bonds is 5. The molecule has 0 N–H and O–H groups in total. The fraction of sp³-hybridized carbons (Fsp3) is 0.0909. The number of para-hydroxylation sites is 1. The van der Waals surface area contributed by atoms with Crippen LogP contribution in [-0.4, -0.2) is 15.6 Å². The van der Waals surface area contributed by atoms with E-state index in [1.165, 1.54) is 11.8 Å². The van der Waals surface area contributed by atoms with Gasteiger partial charge in [0.25, 0.3) is 5.91 Å². The van der Waals surface area contributed by atoms with E-state index in [9.17, 15) is 4.79 Å². The fourth-order valence-electron chi connectivity index (χ4n) is 4.70. The number of halogens is 2. The molecule has 1 fully saturated rings. The Morgan fingerprint density at radius 1 is 0.875 bits per heavy atom. The Hall–Kier alpha value is -3.77. The summed E-state index contributed by atoms with van der Waals surface area (Å²) >= 11 is 14.0. The zero-order valence-electron chi connectivity index (χ0n) is 21.9. The van der Waals surface area contributed by atoms with E-state index in [1.807, 2.05) is 92.7 Å². The Morgan fingerprint density at radius 3 is 2.30 bits per heavy atom. The Kier molecular flexibility index (Phi) is 7.28. The largest absolute Gasteiger partial charge is 0.342 e. The highest BCUT2D eigenvalue weighted by atomic mass is 35.5. The average molecular weight is 583 g/mol. The van der Waals surface area contributed by atoms with E-state index in [1.54, 1.807) is 11.0 Å². The molecule has 0 bridgehead atoms. The van der Waals surface area contributed by atoms with Crippen molar-refractivity contribution in [2.75, 3.05) is 4.90 Å². The standard InChI is InChI=1S/C33H25Cl2N3OS/c1-21-7-13-26(14-8-21)36-33-38(27-15-9-22(2)10-16-27)32(39)31(40-33)17-24-20-37(30-6-4-3-5-28(24)30)19-23-11-12-25(34)18-29(23)35/h3-18,20H,19H2,1-2H3/b31-17+,36-33?.